The number of rotatable bonds is 7. The highest BCUT2D eigenvalue weighted by atomic mass is 32.1. The maximum Gasteiger partial charge on any atom is 0.341 e. The minimum atomic E-state index is -0.503. The molecule has 0 bridgehead atoms. The molecule has 1 unspecified atom stereocenters. The quantitative estimate of drug-likeness (QED) is 0.604. The lowest BCUT2D eigenvalue weighted by Gasteiger charge is -2.14. The number of benzene rings is 1. The van der Waals surface area contributed by atoms with Crippen LogP contribution in [0.25, 0.3) is 0 Å². The van der Waals surface area contributed by atoms with Gasteiger partial charge in [-0.05, 0) is 43.7 Å². The number of hydrogen-bond acceptors (Lipinski definition) is 5. The van der Waals surface area contributed by atoms with Crippen LogP contribution in [0.5, 0.6) is 0 Å². The van der Waals surface area contributed by atoms with Crippen LogP contribution in [0.15, 0.2) is 24.3 Å². The smallest absolute Gasteiger partial charge is 0.341 e. The molecule has 9 heteroatoms. The van der Waals surface area contributed by atoms with Crippen molar-refractivity contribution < 1.29 is 28.4 Å². The highest BCUT2D eigenvalue weighted by Crippen LogP contribution is 2.32. The second kappa shape index (κ2) is 9.43. The molecule has 3 N–H and O–H groups in total. The van der Waals surface area contributed by atoms with Gasteiger partial charge in [-0.25, -0.2) is 9.18 Å². The Balaban J connectivity index is 1.92. The summed E-state index contributed by atoms with van der Waals surface area (Å²) in [6.45, 7) is 3.74. The molecule has 0 saturated carbocycles. The molecular weight excluding hydrogens is 385 g/mol. The summed E-state index contributed by atoms with van der Waals surface area (Å²) < 4.78 is 17.7. The number of thiophene rings is 1. The summed E-state index contributed by atoms with van der Waals surface area (Å²) in [6.07, 6.45) is 0. The number of quaternary nitrogens is 1. The van der Waals surface area contributed by atoms with Crippen molar-refractivity contribution in [3.8, 4) is 0 Å². The molecule has 0 spiro atoms. The second-order valence-corrected chi connectivity index (χ2v) is 7.62. The van der Waals surface area contributed by atoms with Gasteiger partial charge in [0.1, 0.15) is 10.8 Å². The van der Waals surface area contributed by atoms with E-state index in [-0.39, 0.29) is 30.7 Å². The number of carbonyl (C=O) groups is 3. The monoisotopic (exact) mass is 408 g/mol. The van der Waals surface area contributed by atoms with Crippen LogP contribution in [0.2, 0.25) is 0 Å². The number of carbonyl (C=O) groups excluding carboxylic acids is 3. The molecule has 1 aromatic carbocycles. The van der Waals surface area contributed by atoms with E-state index in [1.807, 2.05) is 6.92 Å². The van der Waals surface area contributed by atoms with Gasteiger partial charge >= 0.3 is 5.97 Å². The lowest BCUT2D eigenvalue weighted by molar-refractivity contribution is -0.862. The van der Waals surface area contributed by atoms with E-state index in [2.05, 4.69) is 10.6 Å². The molecule has 0 radical (unpaired) electrons. The third kappa shape index (κ3) is 5.61. The Hall–Kier alpha value is -2.78. The number of aryl methyl sites for hydroxylation is 1. The third-order valence-electron chi connectivity index (χ3n) is 4.08. The van der Waals surface area contributed by atoms with E-state index in [1.54, 1.807) is 14.0 Å². The minimum Gasteiger partial charge on any atom is -0.465 e. The largest absolute Gasteiger partial charge is 0.465 e. The second-order valence-electron chi connectivity index (χ2n) is 6.39. The molecular formula is C19H23FN3O4S+. The summed E-state index contributed by atoms with van der Waals surface area (Å²) in [7, 11) is 2.99. The average Bonchev–Trinajstić information content (AvgIpc) is 2.89. The maximum absolute atomic E-state index is 12.9. The number of halogens is 1. The van der Waals surface area contributed by atoms with E-state index in [1.165, 1.54) is 42.7 Å². The normalized spacial score (nSPS) is 11.6. The van der Waals surface area contributed by atoms with Crippen LogP contribution in [0.1, 0.15) is 20.8 Å². The van der Waals surface area contributed by atoms with Crippen molar-refractivity contribution in [2.45, 2.75) is 13.8 Å². The molecule has 0 aliphatic heterocycles. The van der Waals surface area contributed by atoms with E-state index in [0.29, 0.717) is 21.2 Å². The maximum atomic E-state index is 12.9. The Morgan fingerprint density at radius 2 is 1.64 bits per heavy atom. The molecule has 150 valence electrons. The van der Waals surface area contributed by atoms with E-state index in [9.17, 15) is 18.8 Å². The van der Waals surface area contributed by atoms with Crippen molar-refractivity contribution in [3.05, 3.63) is 46.1 Å². The van der Waals surface area contributed by atoms with Gasteiger partial charge in [0.15, 0.2) is 13.1 Å². The molecule has 1 heterocycles. The highest BCUT2D eigenvalue weighted by molar-refractivity contribution is 7.16. The molecule has 0 saturated heterocycles. The molecule has 1 atom stereocenters. The van der Waals surface area contributed by atoms with Gasteiger partial charge in [-0.15, -0.1) is 11.3 Å². The molecule has 0 aliphatic carbocycles. The van der Waals surface area contributed by atoms with E-state index < -0.39 is 5.97 Å². The number of amides is 2. The van der Waals surface area contributed by atoms with Gasteiger partial charge in [0.2, 0.25) is 0 Å². The first kappa shape index (κ1) is 21.5. The average molecular weight is 408 g/mol. The van der Waals surface area contributed by atoms with Crippen molar-refractivity contribution in [1.29, 1.82) is 0 Å². The Morgan fingerprint density at radius 3 is 2.21 bits per heavy atom. The van der Waals surface area contributed by atoms with Gasteiger partial charge in [0, 0.05) is 10.6 Å². The highest BCUT2D eigenvalue weighted by Gasteiger charge is 2.23. The lowest BCUT2D eigenvalue weighted by atomic mass is 10.1. The Bertz CT molecular complexity index is 880. The first-order valence-corrected chi connectivity index (χ1v) is 9.37. The van der Waals surface area contributed by atoms with E-state index >= 15 is 0 Å². The van der Waals surface area contributed by atoms with Crippen LogP contribution in [0, 0.1) is 19.7 Å². The molecule has 28 heavy (non-hydrogen) atoms. The van der Waals surface area contributed by atoms with Gasteiger partial charge in [-0.3, -0.25) is 9.59 Å². The summed E-state index contributed by atoms with van der Waals surface area (Å²) in [4.78, 5) is 37.9. The molecule has 1 aromatic heterocycles. The first-order chi connectivity index (χ1) is 13.2. The Morgan fingerprint density at radius 1 is 1.07 bits per heavy atom. The van der Waals surface area contributed by atoms with Crippen molar-refractivity contribution in [1.82, 2.24) is 0 Å². The van der Waals surface area contributed by atoms with Crippen LogP contribution >= 0.6 is 11.3 Å². The van der Waals surface area contributed by atoms with E-state index in [0.717, 1.165) is 10.4 Å². The number of anilines is 2. The molecule has 2 aromatic rings. The van der Waals surface area contributed by atoms with Crippen LogP contribution in [-0.4, -0.2) is 45.0 Å². The zero-order valence-electron chi connectivity index (χ0n) is 16.1. The Kier molecular flexibility index (Phi) is 7.24. The predicted molar refractivity (Wildman–Crippen MR) is 105 cm³/mol. The standard InChI is InChI=1S/C19H22FN3O4S/c1-11-12(2)28-18(17(11)19(26)27-4)22-16(25)10-23(3)9-15(24)21-14-7-5-13(20)6-8-14/h5-8H,9-10H2,1-4H3,(H,21,24)(H,22,25)/p+1. The molecule has 7 nitrogen and oxygen atoms in total. The summed E-state index contributed by atoms with van der Waals surface area (Å²) in [6, 6.07) is 5.43. The zero-order chi connectivity index (χ0) is 20.8. The molecule has 0 fully saturated rings. The van der Waals surface area contributed by atoms with E-state index in [4.69, 9.17) is 4.74 Å². The molecule has 0 aliphatic rings. The zero-order valence-corrected chi connectivity index (χ0v) is 17.0. The number of nitrogens with one attached hydrogen (secondary N) is 3. The van der Waals surface area contributed by atoms with Gasteiger partial charge in [0.25, 0.3) is 11.8 Å². The van der Waals surface area contributed by atoms with Crippen molar-refractivity contribution >= 4 is 39.8 Å². The number of methoxy groups -OCH3 is 1. The number of ether oxygens (including phenoxy) is 1. The van der Waals surface area contributed by atoms with Crippen LogP contribution in [-0.2, 0) is 14.3 Å². The third-order valence-corrected chi connectivity index (χ3v) is 5.20. The lowest BCUT2D eigenvalue weighted by Crippen LogP contribution is -3.11. The fourth-order valence-electron chi connectivity index (χ4n) is 2.58. The number of likely N-dealkylation sites (N-methyl/N-ethyl adjacent to an activating group) is 1. The molecule has 2 rings (SSSR count). The Labute approximate surface area is 166 Å². The van der Waals surface area contributed by atoms with Crippen molar-refractivity contribution in [3.63, 3.8) is 0 Å². The van der Waals surface area contributed by atoms with Gasteiger partial charge in [-0.2, -0.15) is 0 Å². The number of esters is 1. The topological polar surface area (TPSA) is 88.9 Å². The summed E-state index contributed by atoms with van der Waals surface area (Å²) >= 11 is 1.30. The van der Waals surface area contributed by atoms with Crippen molar-refractivity contribution in [2.75, 3.05) is 37.9 Å². The predicted octanol–water partition coefficient (Wildman–Crippen LogP) is 1.38. The van der Waals surface area contributed by atoms with Gasteiger partial charge < -0.3 is 20.3 Å². The fourth-order valence-corrected chi connectivity index (χ4v) is 3.65. The van der Waals surface area contributed by atoms with Crippen molar-refractivity contribution in [2.24, 2.45) is 0 Å². The first-order valence-electron chi connectivity index (χ1n) is 8.56. The fraction of sp³-hybridized carbons (Fsp3) is 0.316. The summed E-state index contributed by atoms with van der Waals surface area (Å²) in [5.41, 5.74) is 1.60. The molecule has 2 amide bonds. The van der Waals surface area contributed by atoms with Crippen LogP contribution in [0.4, 0.5) is 15.1 Å². The van der Waals surface area contributed by atoms with Gasteiger partial charge in [0.05, 0.1) is 19.7 Å². The summed E-state index contributed by atoms with van der Waals surface area (Å²) in [5.74, 6) is -1.51. The minimum absolute atomic E-state index is 0.0352. The van der Waals surface area contributed by atoms with Gasteiger partial charge in [-0.1, -0.05) is 0 Å². The number of hydrogen-bond donors (Lipinski definition) is 3. The van der Waals surface area contributed by atoms with Crippen LogP contribution in [0.3, 0.4) is 0 Å². The SMILES string of the molecule is COC(=O)c1c(NC(=O)C[NH+](C)CC(=O)Nc2ccc(F)cc2)sc(C)c1C. The van der Waals surface area contributed by atoms with Crippen LogP contribution < -0.4 is 15.5 Å². The summed E-state index contributed by atoms with van der Waals surface area (Å²) in [5, 5.41) is 5.82.